The Bertz CT molecular complexity index is 327. The maximum Gasteiger partial charge on any atom is 0.0526 e. The van der Waals surface area contributed by atoms with Crippen molar-refractivity contribution in [2.24, 2.45) is 5.73 Å². The summed E-state index contributed by atoms with van der Waals surface area (Å²) in [4.78, 5) is 0. The van der Waals surface area contributed by atoms with Crippen molar-refractivity contribution in [3.8, 4) is 0 Å². The second kappa shape index (κ2) is 6.97. The van der Waals surface area contributed by atoms with Crippen molar-refractivity contribution >= 4 is 11.6 Å². The monoisotopic (exact) mass is 256 g/mol. The van der Waals surface area contributed by atoms with E-state index in [2.05, 4.69) is 5.32 Å². The number of nitrogens with one attached hydrogen (secondary N) is 1. The van der Waals surface area contributed by atoms with Crippen LogP contribution in [0.5, 0.6) is 0 Å². The minimum absolute atomic E-state index is 0.0982. The summed E-state index contributed by atoms with van der Waals surface area (Å²) in [6.45, 7) is 4.36. The molecule has 0 heterocycles. The van der Waals surface area contributed by atoms with Crippen LogP contribution in [0.1, 0.15) is 31.9 Å². The van der Waals surface area contributed by atoms with Crippen LogP contribution in [-0.4, -0.2) is 23.8 Å². The van der Waals surface area contributed by atoms with Gasteiger partial charge in [0.15, 0.2) is 0 Å². The first kappa shape index (κ1) is 14.5. The lowest BCUT2D eigenvalue weighted by Crippen LogP contribution is -2.36. The molecule has 4 heteroatoms. The Hall–Kier alpha value is -0.610. The molecule has 1 aromatic rings. The van der Waals surface area contributed by atoms with Crippen molar-refractivity contribution < 1.29 is 5.11 Å². The third-order valence-electron chi connectivity index (χ3n) is 2.69. The molecule has 0 spiro atoms. The zero-order chi connectivity index (χ0) is 12.8. The number of hydrogen-bond donors (Lipinski definition) is 3. The average Bonchev–Trinajstić information content (AvgIpc) is 2.26. The van der Waals surface area contributed by atoms with Crippen LogP contribution in [0, 0.1) is 0 Å². The van der Waals surface area contributed by atoms with E-state index in [1.54, 1.807) is 6.92 Å². The second-order valence-electron chi connectivity index (χ2n) is 4.49. The SMILES string of the molecule is CC(O)CC(C)NC(CN)c1ccc(Cl)cc1. The molecular weight excluding hydrogens is 236 g/mol. The molecule has 0 aromatic heterocycles. The lowest BCUT2D eigenvalue weighted by molar-refractivity contribution is 0.168. The molecular formula is C13H21ClN2O. The van der Waals surface area contributed by atoms with Crippen LogP contribution in [0.4, 0.5) is 0 Å². The number of hydrogen-bond acceptors (Lipinski definition) is 3. The standard InChI is InChI=1S/C13H21ClN2O/c1-9(7-10(2)17)16-13(8-15)11-3-5-12(14)6-4-11/h3-6,9-10,13,16-17H,7-8,15H2,1-2H3. The fourth-order valence-corrected chi connectivity index (χ4v) is 2.04. The maximum absolute atomic E-state index is 9.33. The minimum atomic E-state index is -0.304. The van der Waals surface area contributed by atoms with Gasteiger partial charge in [0, 0.05) is 23.7 Å². The molecule has 0 amide bonds. The molecule has 4 N–H and O–H groups in total. The number of nitrogens with two attached hydrogens (primary N) is 1. The Kier molecular flexibility index (Phi) is 5.92. The van der Waals surface area contributed by atoms with Crippen LogP contribution >= 0.6 is 11.6 Å². The second-order valence-corrected chi connectivity index (χ2v) is 4.93. The summed E-state index contributed by atoms with van der Waals surface area (Å²) in [6, 6.07) is 7.99. The number of halogens is 1. The van der Waals surface area contributed by atoms with Gasteiger partial charge < -0.3 is 16.2 Å². The van der Waals surface area contributed by atoms with Gasteiger partial charge in [-0.25, -0.2) is 0 Å². The predicted octanol–water partition coefficient (Wildman–Crippen LogP) is 2.09. The molecule has 17 heavy (non-hydrogen) atoms. The molecule has 96 valence electrons. The Morgan fingerprint density at radius 3 is 2.35 bits per heavy atom. The molecule has 0 aliphatic heterocycles. The van der Waals surface area contributed by atoms with Crippen LogP contribution in [0.25, 0.3) is 0 Å². The average molecular weight is 257 g/mol. The van der Waals surface area contributed by atoms with Gasteiger partial charge in [0.1, 0.15) is 0 Å². The first-order valence-electron chi connectivity index (χ1n) is 5.92. The van der Waals surface area contributed by atoms with Gasteiger partial charge in [-0.05, 0) is 38.0 Å². The van der Waals surface area contributed by atoms with E-state index in [0.717, 1.165) is 10.6 Å². The van der Waals surface area contributed by atoms with Crippen molar-refractivity contribution in [1.82, 2.24) is 5.32 Å². The van der Waals surface area contributed by atoms with Gasteiger partial charge in [-0.15, -0.1) is 0 Å². The summed E-state index contributed by atoms with van der Waals surface area (Å²) in [5, 5.41) is 13.5. The van der Waals surface area contributed by atoms with E-state index in [9.17, 15) is 5.11 Å². The van der Waals surface area contributed by atoms with Crippen molar-refractivity contribution in [3.05, 3.63) is 34.9 Å². The van der Waals surface area contributed by atoms with Crippen molar-refractivity contribution in [2.45, 2.75) is 38.5 Å². The summed E-state index contributed by atoms with van der Waals surface area (Å²) in [5.41, 5.74) is 6.88. The summed E-state index contributed by atoms with van der Waals surface area (Å²) in [7, 11) is 0. The lowest BCUT2D eigenvalue weighted by atomic mass is 10.0. The number of rotatable bonds is 6. The third-order valence-corrected chi connectivity index (χ3v) is 2.94. The molecule has 0 radical (unpaired) electrons. The quantitative estimate of drug-likeness (QED) is 0.731. The lowest BCUT2D eigenvalue weighted by Gasteiger charge is -2.23. The Morgan fingerprint density at radius 2 is 1.88 bits per heavy atom. The third kappa shape index (κ3) is 5.04. The molecule has 0 aliphatic carbocycles. The van der Waals surface area contributed by atoms with E-state index in [1.165, 1.54) is 0 Å². The highest BCUT2D eigenvalue weighted by Gasteiger charge is 2.13. The zero-order valence-electron chi connectivity index (χ0n) is 10.4. The Labute approximate surface area is 108 Å². The molecule has 1 aromatic carbocycles. The summed E-state index contributed by atoms with van der Waals surface area (Å²) >= 11 is 5.85. The van der Waals surface area contributed by atoms with Crippen molar-refractivity contribution in [1.29, 1.82) is 0 Å². The number of benzene rings is 1. The van der Waals surface area contributed by atoms with E-state index >= 15 is 0 Å². The summed E-state index contributed by atoms with van der Waals surface area (Å²) in [6.07, 6.45) is 0.408. The van der Waals surface area contributed by atoms with Gasteiger partial charge in [0.2, 0.25) is 0 Å². The maximum atomic E-state index is 9.33. The molecule has 0 saturated heterocycles. The first-order chi connectivity index (χ1) is 8.02. The zero-order valence-corrected chi connectivity index (χ0v) is 11.1. The minimum Gasteiger partial charge on any atom is -0.393 e. The summed E-state index contributed by atoms with van der Waals surface area (Å²) < 4.78 is 0. The topological polar surface area (TPSA) is 58.3 Å². The molecule has 3 nitrogen and oxygen atoms in total. The van der Waals surface area contributed by atoms with Crippen LogP contribution in [-0.2, 0) is 0 Å². The van der Waals surface area contributed by atoms with E-state index in [-0.39, 0.29) is 18.2 Å². The highest BCUT2D eigenvalue weighted by Crippen LogP contribution is 2.16. The van der Waals surface area contributed by atoms with Gasteiger partial charge >= 0.3 is 0 Å². The first-order valence-corrected chi connectivity index (χ1v) is 6.30. The normalized spacial score (nSPS) is 16.5. The molecule has 0 fully saturated rings. The highest BCUT2D eigenvalue weighted by molar-refractivity contribution is 6.30. The van der Waals surface area contributed by atoms with Crippen LogP contribution in [0.3, 0.4) is 0 Å². The largest absolute Gasteiger partial charge is 0.393 e. The highest BCUT2D eigenvalue weighted by atomic mass is 35.5. The molecule has 1 rings (SSSR count). The van der Waals surface area contributed by atoms with Gasteiger partial charge in [-0.3, -0.25) is 0 Å². The molecule has 3 atom stereocenters. The molecule has 3 unspecified atom stereocenters. The fourth-order valence-electron chi connectivity index (χ4n) is 1.92. The van der Waals surface area contributed by atoms with Gasteiger partial charge in [0.25, 0.3) is 0 Å². The molecule has 0 saturated carbocycles. The Morgan fingerprint density at radius 1 is 1.29 bits per heavy atom. The van der Waals surface area contributed by atoms with E-state index in [0.29, 0.717) is 13.0 Å². The molecule has 0 bridgehead atoms. The smallest absolute Gasteiger partial charge is 0.0526 e. The van der Waals surface area contributed by atoms with E-state index < -0.39 is 0 Å². The predicted molar refractivity (Wildman–Crippen MR) is 72.1 cm³/mol. The number of aliphatic hydroxyl groups excluding tert-OH is 1. The van der Waals surface area contributed by atoms with Crippen LogP contribution in [0.15, 0.2) is 24.3 Å². The van der Waals surface area contributed by atoms with Crippen LogP contribution < -0.4 is 11.1 Å². The van der Waals surface area contributed by atoms with Gasteiger partial charge in [-0.1, -0.05) is 23.7 Å². The van der Waals surface area contributed by atoms with Crippen molar-refractivity contribution in [3.63, 3.8) is 0 Å². The number of aliphatic hydroxyl groups is 1. The summed E-state index contributed by atoms with van der Waals surface area (Å²) in [5.74, 6) is 0. The van der Waals surface area contributed by atoms with Crippen LogP contribution in [0.2, 0.25) is 5.02 Å². The molecule has 0 aliphatic rings. The Balaban J connectivity index is 2.62. The van der Waals surface area contributed by atoms with Gasteiger partial charge in [-0.2, -0.15) is 0 Å². The van der Waals surface area contributed by atoms with E-state index in [1.807, 2.05) is 31.2 Å². The van der Waals surface area contributed by atoms with Gasteiger partial charge in [0.05, 0.1) is 6.10 Å². The fraction of sp³-hybridized carbons (Fsp3) is 0.538. The van der Waals surface area contributed by atoms with E-state index in [4.69, 9.17) is 17.3 Å². The van der Waals surface area contributed by atoms with Crippen molar-refractivity contribution in [2.75, 3.05) is 6.54 Å².